The number of aliphatic hydroxyl groups excluding tert-OH is 1. The molecule has 3 nitrogen and oxygen atoms in total. The highest BCUT2D eigenvalue weighted by atomic mass is 16.5. The highest BCUT2D eigenvalue weighted by Crippen LogP contribution is 1.82. The summed E-state index contributed by atoms with van der Waals surface area (Å²) in [6.07, 6.45) is 2.25. The number of esters is 1. The van der Waals surface area contributed by atoms with Crippen LogP contribution in [0.2, 0.25) is 0 Å². The number of rotatable bonds is 2. The third-order valence-corrected chi connectivity index (χ3v) is 0.972. The summed E-state index contributed by atoms with van der Waals surface area (Å²) in [5.74, 6) is 3.86. The smallest absolute Gasteiger partial charge is 0.384 e. The van der Waals surface area contributed by atoms with Gasteiger partial charge >= 0.3 is 5.97 Å². The molecule has 0 amide bonds. The lowest BCUT2D eigenvalue weighted by atomic mass is 10.3. The second kappa shape index (κ2) is 6.44. The van der Waals surface area contributed by atoms with Gasteiger partial charge in [-0.1, -0.05) is 12.0 Å². The van der Waals surface area contributed by atoms with Gasteiger partial charge in [-0.05, 0) is 19.9 Å². The Balaban J connectivity index is 3.93. The van der Waals surface area contributed by atoms with Crippen molar-refractivity contribution in [2.45, 2.75) is 20.0 Å². The zero-order chi connectivity index (χ0) is 9.40. The fraction of sp³-hybridized carbons (Fsp3) is 0.444. The highest BCUT2D eigenvalue weighted by Gasteiger charge is 1.94. The fourth-order valence-electron chi connectivity index (χ4n) is 0.530. The van der Waals surface area contributed by atoms with Crippen molar-refractivity contribution in [3.05, 3.63) is 12.2 Å². The van der Waals surface area contributed by atoms with E-state index in [-0.39, 0.29) is 0 Å². The number of hydrogen-bond donors (Lipinski definition) is 1. The van der Waals surface area contributed by atoms with Gasteiger partial charge in [-0.3, -0.25) is 0 Å². The molecule has 3 heteroatoms. The standard InChI is InChI=1S/C9H12O3/c1-3-5-8(10)6-7-9(11)12-4-2/h3,5,8,10H,4H2,1-2H3/b5-3+. The first kappa shape index (κ1) is 10.7. The minimum Gasteiger partial charge on any atom is -0.456 e. The van der Waals surface area contributed by atoms with Crippen molar-refractivity contribution >= 4 is 5.97 Å². The molecule has 0 aromatic carbocycles. The van der Waals surface area contributed by atoms with Gasteiger partial charge in [0.1, 0.15) is 6.10 Å². The van der Waals surface area contributed by atoms with Crippen molar-refractivity contribution in [2.24, 2.45) is 0 Å². The zero-order valence-corrected chi connectivity index (χ0v) is 7.20. The summed E-state index contributed by atoms with van der Waals surface area (Å²) in [6.45, 7) is 3.75. The largest absolute Gasteiger partial charge is 0.456 e. The molecule has 0 bridgehead atoms. The normalized spacial score (nSPS) is 11.9. The zero-order valence-electron chi connectivity index (χ0n) is 7.20. The predicted molar refractivity (Wildman–Crippen MR) is 45.2 cm³/mol. The summed E-state index contributed by atoms with van der Waals surface area (Å²) in [7, 11) is 0. The Morgan fingerprint density at radius 1 is 1.75 bits per heavy atom. The lowest BCUT2D eigenvalue weighted by molar-refractivity contribution is -0.136. The molecule has 0 aliphatic heterocycles. The maximum atomic E-state index is 10.6. The molecule has 12 heavy (non-hydrogen) atoms. The van der Waals surface area contributed by atoms with Crippen LogP contribution in [0.3, 0.4) is 0 Å². The Kier molecular flexibility index (Phi) is 5.76. The van der Waals surface area contributed by atoms with E-state index in [9.17, 15) is 4.79 Å². The van der Waals surface area contributed by atoms with Crippen LogP contribution in [0.25, 0.3) is 0 Å². The Labute approximate surface area is 72.0 Å². The molecule has 1 unspecified atom stereocenters. The van der Waals surface area contributed by atoms with Crippen LogP contribution in [-0.2, 0) is 9.53 Å². The van der Waals surface area contributed by atoms with Crippen LogP contribution in [-0.4, -0.2) is 23.8 Å². The first-order chi connectivity index (χ1) is 5.70. The molecule has 0 aromatic rings. The Morgan fingerprint density at radius 2 is 2.42 bits per heavy atom. The molecule has 0 aliphatic carbocycles. The van der Waals surface area contributed by atoms with Gasteiger partial charge in [-0.2, -0.15) is 0 Å². The van der Waals surface area contributed by atoms with E-state index in [2.05, 4.69) is 16.6 Å². The number of carbonyl (C=O) groups excluding carboxylic acids is 1. The lowest BCUT2D eigenvalue weighted by Gasteiger charge is -1.93. The SMILES string of the molecule is C/C=C/C(O)C#CC(=O)OCC. The van der Waals surface area contributed by atoms with Crippen LogP contribution in [0.1, 0.15) is 13.8 Å². The van der Waals surface area contributed by atoms with Gasteiger partial charge in [0.2, 0.25) is 0 Å². The van der Waals surface area contributed by atoms with Crippen LogP contribution < -0.4 is 0 Å². The summed E-state index contributed by atoms with van der Waals surface area (Å²) in [5.41, 5.74) is 0. The van der Waals surface area contributed by atoms with E-state index in [1.54, 1.807) is 19.9 Å². The van der Waals surface area contributed by atoms with Crippen molar-refractivity contribution in [3.63, 3.8) is 0 Å². The van der Waals surface area contributed by atoms with Crippen molar-refractivity contribution in [2.75, 3.05) is 6.61 Å². The molecule has 0 rings (SSSR count). The topological polar surface area (TPSA) is 46.5 Å². The molecular formula is C9H12O3. The molecular weight excluding hydrogens is 156 g/mol. The molecule has 0 aliphatic rings. The molecule has 0 heterocycles. The highest BCUT2D eigenvalue weighted by molar-refractivity contribution is 5.88. The minimum absolute atomic E-state index is 0.299. The van der Waals surface area contributed by atoms with Gasteiger partial charge < -0.3 is 9.84 Å². The molecule has 0 aromatic heterocycles. The maximum Gasteiger partial charge on any atom is 0.384 e. The third-order valence-electron chi connectivity index (χ3n) is 0.972. The molecule has 66 valence electrons. The first-order valence-corrected chi connectivity index (χ1v) is 3.69. The van der Waals surface area contributed by atoms with Gasteiger partial charge in [0, 0.05) is 5.92 Å². The Morgan fingerprint density at radius 3 is 2.92 bits per heavy atom. The minimum atomic E-state index is -0.889. The predicted octanol–water partition coefficient (Wildman–Crippen LogP) is 0.490. The van der Waals surface area contributed by atoms with Crippen LogP contribution >= 0.6 is 0 Å². The van der Waals surface area contributed by atoms with E-state index < -0.39 is 12.1 Å². The second-order valence-corrected chi connectivity index (χ2v) is 1.96. The van der Waals surface area contributed by atoms with Gasteiger partial charge in [0.15, 0.2) is 0 Å². The van der Waals surface area contributed by atoms with Gasteiger partial charge in [-0.25, -0.2) is 4.79 Å². The van der Waals surface area contributed by atoms with Gasteiger partial charge in [0.25, 0.3) is 0 Å². The summed E-state index contributed by atoms with van der Waals surface area (Å²) in [4.78, 5) is 10.6. The number of aliphatic hydroxyl groups is 1. The van der Waals surface area contributed by atoms with E-state index in [0.717, 1.165) is 0 Å². The first-order valence-electron chi connectivity index (χ1n) is 3.69. The van der Waals surface area contributed by atoms with Crippen LogP contribution in [0.15, 0.2) is 12.2 Å². The molecule has 1 atom stereocenters. The van der Waals surface area contributed by atoms with Crippen LogP contribution in [0.5, 0.6) is 0 Å². The quantitative estimate of drug-likeness (QED) is 0.282. The Bertz CT molecular complexity index is 220. The molecule has 1 N–H and O–H groups in total. The molecule has 0 saturated heterocycles. The van der Waals surface area contributed by atoms with Crippen molar-refractivity contribution < 1.29 is 14.6 Å². The van der Waals surface area contributed by atoms with E-state index in [1.807, 2.05) is 0 Å². The Hall–Kier alpha value is -1.27. The molecule has 0 saturated carbocycles. The van der Waals surface area contributed by atoms with Crippen molar-refractivity contribution in [3.8, 4) is 11.8 Å². The van der Waals surface area contributed by atoms with Gasteiger partial charge in [0.05, 0.1) is 6.61 Å². The van der Waals surface area contributed by atoms with E-state index in [0.29, 0.717) is 6.61 Å². The average molecular weight is 168 g/mol. The van der Waals surface area contributed by atoms with Crippen molar-refractivity contribution in [1.29, 1.82) is 0 Å². The lowest BCUT2D eigenvalue weighted by Crippen LogP contribution is -2.03. The molecule has 0 radical (unpaired) electrons. The summed E-state index contributed by atoms with van der Waals surface area (Å²) in [5, 5.41) is 9.00. The fourth-order valence-corrected chi connectivity index (χ4v) is 0.530. The van der Waals surface area contributed by atoms with E-state index in [4.69, 9.17) is 5.11 Å². The van der Waals surface area contributed by atoms with Crippen LogP contribution in [0, 0.1) is 11.8 Å². The number of ether oxygens (including phenoxy) is 1. The van der Waals surface area contributed by atoms with E-state index in [1.165, 1.54) is 6.08 Å². The number of allylic oxidation sites excluding steroid dienone is 1. The van der Waals surface area contributed by atoms with E-state index >= 15 is 0 Å². The third kappa shape index (κ3) is 5.51. The average Bonchev–Trinajstić information content (AvgIpc) is 2.02. The van der Waals surface area contributed by atoms with Crippen LogP contribution in [0.4, 0.5) is 0 Å². The summed E-state index contributed by atoms with van der Waals surface area (Å²) < 4.78 is 4.52. The monoisotopic (exact) mass is 168 g/mol. The summed E-state index contributed by atoms with van der Waals surface area (Å²) in [6, 6.07) is 0. The second-order valence-electron chi connectivity index (χ2n) is 1.96. The van der Waals surface area contributed by atoms with Gasteiger partial charge in [-0.15, -0.1) is 0 Å². The maximum absolute atomic E-state index is 10.6. The molecule has 0 fully saturated rings. The summed E-state index contributed by atoms with van der Waals surface area (Å²) >= 11 is 0. The number of carbonyl (C=O) groups is 1. The van der Waals surface area contributed by atoms with Crippen molar-refractivity contribution in [1.82, 2.24) is 0 Å². The molecule has 0 spiro atoms. The number of hydrogen-bond acceptors (Lipinski definition) is 3.